The summed E-state index contributed by atoms with van der Waals surface area (Å²) >= 11 is 0. The first kappa shape index (κ1) is 6.55. The van der Waals surface area contributed by atoms with Gasteiger partial charge < -0.3 is 4.74 Å². The predicted octanol–water partition coefficient (Wildman–Crippen LogP) is 0.210. The Morgan fingerprint density at radius 2 is 2.11 bits per heavy atom. The lowest BCUT2D eigenvalue weighted by Gasteiger charge is -2.13. The number of carbonyl (C=O) groups is 1. The van der Waals surface area contributed by atoms with Gasteiger partial charge in [0, 0.05) is 0 Å². The molecule has 1 aliphatic heterocycles. The molecule has 0 bridgehead atoms. The lowest BCUT2D eigenvalue weighted by molar-refractivity contribution is -0.141. The summed E-state index contributed by atoms with van der Waals surface area (Å²) in [6.07, 6.45) is -0.0486. The summed E-state index contributed by atoms with van der Waals surface area (Å²) in [5.74, 6) is -0.120. The highest BCUT2D eigenvalue weighted by molar-refractivity contribution is 5.77. The second kappa shape index (κ2) is 1.99. The van der Waals surface area contributed by atoms with Crippen LogP contribution in [0.4, 0.5) is 0 Å². The number of nitrogens with zero attached hydrogens (tertiary/aromatic N) is 1. The molecule has 1 fully saturated rings. The number of ether oxygens (including phenoxy) is 1. The van der Waals surface area contributed by atoms with Crippen molar-refractivity contribution in [3.8, 4) is 0 Å². The van der Waals surface area contributed by atoms with Crippen molar-refractivity contribution in [2.75, 3.05) is 7.05 Å². The molecule has 1 rings (SSSR count). The molecule has 3 heteroatoms. The normalized spacial score (nSPS) is 37.0. The highest BCUT2D eigenvalue weighted by Crippen LogP contribution is 2.13. The molecule has 0 amide bonds. The van der Waals surface area contributed by atoms with E-state index in [1.54, 1.807) is 0 Å². The summed E-state index contributed by atoms with van der Waals surface area (Å²) in [4.78, 5) is 12.6. The van der Waals surface area contributed by atoms with Crippen molar-refractivity contribution in [3.05, 3.63) is 0 Å². The quantitative estimate of drug-likeness (QED) is 0.438. The molecule has 1 aliphatic rings. The van der Waals surface area contributed by atoms with Gasteiger partial charge in [0.25, 0.3) is 0 Å². The minimum atomic E-state index is -0.120. The van der Waals surface area contributed by atoms with E-state index in [9.17, 15) is 4.79 Å². The van der Waals surface area contributed by atoms with Crippen molar-refractivity contribution in [1.29, 1.82) is 0 Å². The first-order valence-electron chi connectivity index (χ1n) is 3.05. The van der Waals surface area contributed by atoms with E-state index in [2.05, 4.69) is 0 Å². The number of cyclic esters (lactones) is 1. The van der Waals surface area contributed by atoms with E-state index in [1.165, 1.54) is 0 Å². The van der Waals surface area contributed by atoms with Gasteiger partial charge in [-0.1, -0.05) is 0 Å². The molecule has 2 unspecified atom stereocenters. The molecule has 1 heterocycles. The zero-order chi connectivity index (χ0) is 7.02. The highest BCUT2D eigenvalue weighted by atomic mass is 16.6. The number of likely N-dealkylation sites (N-methyl/N-ethyl adjacent to an activating group) is 1. The zero-order valence-corrected chi connectivity index (χ0v) is 5.92. The summed E-state index contributed by atoms with van der Waals surface area (Å²) in [5, 5.41) is 0. The summed E-state index contributed by atoms with van der Waals surface area (Å²) in [7, 11) is 1.88. The van der Waals surface area contributed by atoms with Crippen LogP contribution in [0.3, 0.4) is 0 Å². The number of carbonyl (C=O) groups excluding carboxylic acids is 1. The fraction of sp³-hybridized carbons (Fsp3) is 0.833. The van der Waals surface area contributed by atoms with Crippen molar-refractivity contribution < 1.29 is 9.53 Å². The molecule has 0 aliphatic carbocycles. The molecular weight excluding hydrogens is 118 g/mol. The van der Waals surface area contributed by atoms with Crippen molar-refractivity contribution in [2.45, 2.75) is 26.1 Å². The fourth-order valence-corrected chi connectivity index (χ4v) is 0.831. The Balaban J connectivity index is 2.65. The van der Waals surface area contributed by atoms with Crippen LogP contribution in [0.15, 0.2) is 0 Å². The summed E-state index contributed by atoms with van der Waals surface area (Å²) < 4.78 is 4.87. The van der Waals surface area contributed by atoms with E-state index < -0.39 is 0 Å². The van der Waals surface area contributed by atoms with E-state index in [1.807, 2.05) is 25.8 Å². The van der Waals surface area contributed by atoms with Gasteiger partial charge in [0.05, 0.1) is 0 Å². The van der Waals surface area contributed by atoms with Gasteiger partial charge in [-0.3, -0.25) is 9.69 Å². The topological polar surface area (TPSA) is 29.5 Å². The lowest BCUT2D eigenvalue weighted by Crippen LogP contribution is -2.29. The second-order valence-corrected chi connectivity index (χ2v) is 2.38. The van der Waals surface area contributed by atoms with E-state index in [4.69, 9.17) is 4.74 Å². The Labute approximate surface area is 54.6 Å². The van der Waals surface area contributed by atoms with Crippen molar-refractivity contribution >= 4 is 5.97 Å². The largest absolute Gasteiger partial charge is 0.445 e. The van der Waals surface area contributed by atoms with Crippen molar-refractivity contribution in [2.24, 2.45) is 0 Å². The van der Waals surface area contributed by atoms with Crippen LogP contribution in [0, 0.1) is 0 Å². The van der Waals surface area contributed by atoms with Gasteiger partial charge in [-0.2, -0.15) is 0 Å². The third-order valence-corrected chi connectivity index (χ3v) is 1.81. The number of esters is 1. The third-order valence-electron chi connectivity index (χ3n) is 1.81. The van der Waals surface area contributed by atoms with Crippen molar-refractivity contribution in [1.82, 2.24) is 4.90 Å². The van der Waals surface area contributed by atoms with Gasteiger partial charge in [0.2, 0.25) is 0 Å². The minimum Gasteiger partial charge on any atom is -0.445 e. The van der Waals surface area contributed by atoms with E-state index >= 15 is 0 Å². The molecular formula is C6H11NO2. The molecule has 0 radical (unpaired) electrons. The monoisotopic (exact) mass is 129 g/mol. The summed E-state index contributed by atoms with van der Waals surface area (Å²) in [6, 6.07) is -0.0694. The van der Waals surface area contributed by atoms with Crippen LogP contribution in [-0.2, 0) is 9.53 Å². The molecule has 9 heavy (non-hydrogen) atoms. The first-order valence-corrected chi connectivity index (χ1v) is 3.05. The van der Waals surface area contributed by atoms with Gasteiger partial charge in [-0.15, -0.1) is 0 Å². The van der Waals surface area contributed by atoms with Crippen LogP contribution in [0.5, 0.6) is 0 Å². The smallest absolute Gasteiger partial charge is 0.324 e. The molecule has 0 saturated carbocycles. The highest BCUT2D eigenvalue weighted by Gasteiger charge is 2.32. The second-order valence-electron chi connectivity index (χ2n) is 2.38. The van der Waals surface area contributed by atoms with Crippen molar-refractivity contribution in [3.63, 3.8) is 0 Å². The van der Waals surface area contributed by atoms with Gasteiger partial charge >= 0.3 is 5.97 Å². The molecule has 0 aromatic heterocycles. The third kappa shape index (κ3) is 0.920. The minimum absolute atomic E-state index is 0.0486. The maximum absolute atomic E-state index is 10.7. The molecule has 0 aromatic rings. The summed E-state index contributed by atoms with van der Waals surface area (Å²) in [5.41, 5.74) is 0. The molecule has 52 valence electrons. The maximum atomic E-state index is 10.7. The molecule has 2 atom stereocenters. The number of rotatable bonds is 0. The van der Waals surface area contributed by atoms with Crippen LogP contribution in [0.25, 0.3) is 0 Å². The molecule has 0 N–H and O–H groups in total. The SMILES string of the molecule is CC1OC(=O)C(C)N1C. The average Bonchev–Trinajstić information content (AvgIpc) is 1.98. The Morgan fingerprint density at radius 1 is 1.56 bits per heavy atom. The fourth-order valence-electron chi connectivity index (χ4n) is 0.831. The van der Waals surface area contributed by atoms with Crippen LogP contribution < -0.4 is 0 Å². The maximum Gasteiger partial charge on any atom is 0.324 e. The Morgan fingerprint density at radius 3 is 2.22 bits per heavy atom. The average molecular weight is 129 g/mol. The van der Waals surface area contributed by atoms with Crippen LogP contribution in [-0.4, -0.2) is 30.2 Å². The number of hydrogen-bond acceptors (Lipinski definition) is 3. The van der Waals surface area contributed by atoms with Gasteiger partial charge in [-0.25, -0.2) is 0 Å². The van der Waals surface area contributed by atoms with E-state index in [0.717, 1.165) is 0 Å². The van der Waals surface area contributed by atoms with Gasteiger partial charge in [0.15, 0.2) is 6.23 Å². The first-order chi connectivity index (χ1) is 4.13. The molecule has 0 aromatic carbocycles. The van der Waals surface area contributed by atoms with Crippen LogP contribution >= 0.6 is 0 Å². The van der Waals surface area contributed by atoms with E-state index in [-0.39, 0.29) is 18.2 Å². The summed E-state index contributed by atoms with van der Waals surface area (Å²) in [6.45, 7) is 3.70. The van der Waals surface area contributed by atoms with Gasteiger partial charge in [-0.05, 0) is 20.9 Å². The molecule has 3 nitrogen and oxygen atoms in total. The lowest BCUT2D eigenvalue weighted by atomic mass is 10.3. The van der Waals surface area contributed by atoms with Crippen LogP contribution in [0.2, 0.25) is 0 Å². The molecule has 1 saturated heterocycles. The molecule has 0 spiro atoms. The standard InChI is InChI=1S/C6H11NO2/c1-4-6(8)9-5(2)7(4)3/h4-5H,1-3H3. The Bertz CT molecular complexity index is 135. The zero-order valence-electron chi connectivity index (χ0n) is 5.92. The Hall–Kier alpha value is -0.570. The van der Waals surface area contributed by atoms with E-state index in [0.29, 0.717) is 0 Å². The van der Waals surface area contributed by atoms with Crippen LogP contribution in [0.1, 0.15) is 13.8 Å². The Kier molecular flexibility index (Phi) is 1.45. The number of hydrogen-bond donors (Lipinski definition) is 0. The van der Waals surface area contributed by atoms with Gasteiger partial charge in [0.1, 0.15) is 6.04 Å². The predicted molar refractivity (Wildman–Crippen MR) is 32.8 cm³/mol.